The maximum absolute atomic E-state index is 12.9. The van der Waals surface area contributed by atoms with Gasteiger partial charge < -0.3 is 10.2 Å². The molecular formula is C21H22N2O4S2. The first kappa shape index (κ1) is 20.0. The Morgan fingerprint density at radius 1 is 1.28 bits per heavy atom. The van der Waals surface area contributed by atoms with Crippen LogP contribution in [-0.4, -0.2) is 37.8 Å². The topological polar surface area (TPSA) is 83.5 Å². The second kappa shape index (κ2) is 7.50. The van der Waals surface area contributed by atoms with Gasteiger partial charge in [0.05, 0.1) is 21.6 Å². The molecule has 2 unspecified atom stereocenters. The van der Waals surface area contributed by atoms with Crippen molar-refractivity contribution in [2.45, 2.75) is 35.3 Å². The standard InChI is InChI=1S/C21H22N2O4S2/c1-13(21(25)23-10-9-15-5-3-4-6-18(15)23)12-29(26,27)16-7-8-19-17(11-16)22-20(24)14(2)28-19/h3-8,11,13-14H,9-10,12H2,1-2H3,(H,22,24). The summed E-state index contributed by atoms with van der Waals surface area (Å²) in [5.41, 5.74) is 2.48. The second-order valence-corrected chi connectivity index (χ2v) is 10.9. The predicted octanol–water partition coefficient (Wildman–Crippen LogP) is 3.12. The van der Waals surface area contributed by atoms with Gasteiger partial charge in [0.15, 0.2) is 9.84 Å². The molecule has 2 amide bonds. The van der Waals surface area contributed by atoms with Crippen LogP contribution in [0.25, 0.3) is 0 Å². The van der Waals surface area contributed by atoms with Crippen molar-refractivity contribution < 1.29 is 18.0 Å². The SMILES string of the molecule is CC(CS(=O)(=O)c1ccc2c(c1)NC(=O)C(C)S2)C(=O)N1CCc2ccccc21. The van der Waals surface area contributed by atoms with Crippen molar-refractivity contribution >= 4 is 44.8 Å². The van der Waals surface area contributed by atoms with Gasteiger partial charge in [0.25, 0.3) is 0 Å². The molecule has 0 saturated heterocycles. The van der Waals surface area contributed by atoms with E-state index < -0.39 is 15.8 Å². The monoisotopic (exact) mass is 430 g/mol. The first-order valence-electron chi connectivity index (χ1n) is 9.50. The zero-order valence-corrected chi connectivity index (χ0v) is 17.8. The molecule has 29 heavy (non-hydrogen) atoms. The molecule has 2 atom stereocenters. The van der Waals surface area contributed by atoms with Crippen LogP contribution in [0.3, 0.4) is 0 Å². The van der Waals surface area contributed by atoms with Crippen LogP contribution in [0, 0.1) is 5.92 Å². The third-order valence-corrected chi connectivity index (χ3v) is 8.37. The van der Waals surface area contributed by atoms with E-state index in [-0.39, 0.29) is 27.7 Å². The molecule has 0 fully saturated rings. The normalized spacial score (nSPS) is 19.3. The van der Waals surface area contributed by atoms with E-state index in [4.69, 9.17) is 0 Å². The van der Waals surface area contributed by atoms with Crippen LogP contribution < -0.4 is 10.2 Å². The quantitative estimate of drug-likeness (QED) is 0.806. The average molecular weight is 431 g/mol. The fraction of sp³-hybridized carbons (Fsp3) is 0.333. The fourth-order valence-electron chi connectivity index (χ4n) is 3.71. The van der Waals surface area contributed by atoms with Gasteiger partial charge in [-0.2, -0.15) is 0 Å². The summed E-state index contributed by atoms with van der Waals surface area (Å²) in [7, 11) is -3.68. The highest BCUT2D eigenvalue weighted by atomic mass is 32.2. The Bertz CT molecular complexity index is 1100. The maximum atomic E-state index is 12.9. The molecule has 8 heteroatoms. The lowest BCUT2D eigenvalue weighted by Crippen LogP contribution is -2.36. The maximum Gasteiger partial charge on any atom is 0.237 e. The Balaban J connectivity index is 1.52. The Kier molecular flexibility index (Phi) is 5.16. The average Bonchev–Trinajstić information content (AvgIpc) is 3.11. The number of amides is 2. The van der Waals surface area contributed by atoms with Gasteiger partial charge in [0, 0.05) is 23.0 Å². The summed E-state index contributed by atoms with van der Waals surface area (Å²) in [4.78, 5) is 27.5. The number of hydrogen-bond donors (Lipinski definition) is 1. The molecule has 2 heterocycles. The largest absolute Gasteiger partial charge is 0.324 e. The molecule has 0 radical (unpaired) electrons. The minimum absolute atomic E-state index is 0.119. The van der Waals surface area contributed by atoms with E-state index in [2.05, 4.69) is 5.32 Å². The van der Waals surface area contributed by atoms with Gasteiger partial charge in [0.2, 0.25) is 11.8 Å². The number of benzene rings is 2. The summed E-state index contributed by atoms with van der Waals surface area (Å²) in [5.74, 6) is -1.28. The summed E-state index contributed by atoms with van der Waals surface area (Å²) in [6, 6.07) is 12.5. The van der Waals surface area contributed by atoms with Crippen LogP contribution in [0.4, 0.5) is 11.4 Å². The van der Waals surface area contributed by atoms with Crippen molar-refractivity contribution in [3.8, 4) is 0 Å². The number of nitrogens with one attached hydrogen (secondary N) is 1. The zero-order chi connectivity index (χ0) is 20.8. The van der Waals surface area contributed by atoms with Gasteiger partial charge in [-0.15, -0.1) is 11.8 Å². The van der Waals surface area contributed by atoms with E-state index >= 15 is 0 Å². The lowest BCUT2D eigenvalue weighted by molar-refractivity contribution is -0.121. The Labute approximate surface area is 174 Å². The lowest BCUT2D eigenvalue weighted by atomic mass is 10.1. The van der Waals surface area contributed by atoms with Crippen LogP contribution in [0.5, 0.6) is 0 Å². The molecule has 2 aliphatic rings. The zero-order valence-electron chi connectivity index (χ0n) is 16.2. The number of carbonyl (C=O) groups is 2. The Morgan fingerprint density at radius 3 is 2.83 bits per heavy atom. The van der Waals surface area contributed by atoms with Crippen molar-refractivity contribution in [3.63, 3.8) is 0 Å². The molecule has 2 aliphatic heterocycles. The molecular weight excluding hydrogens is 408 g/mol. The number of nitrogens with zero attached hydrogens (tertiary/aromatic N) is 1. The third-order valence-electron chi connectivity index (χ3n) is 5.29. The Morgan fingerprint density at radius 2 is 2.03 bits per heavy atom. The molecule has 0 spiro atoms. The highest BCUT2D eigenvalue weighted by Crippen LogP contribution is 2.37. The van der Waals surface area contributed by atoms with Gasteiger partial charge in [-0.05, 0) is 43.2 Å². The first-order valence-corrected chi connectivity index (χ1v) is 12.0. The van der Waals surface area contributed by atoms with Gasteiger partial charge in [-0.1, -0.05) is 25.1 Å². The third kappa shape index (κ3) is 3.79. The van der Waals surface area contributed by atoms with Gasteiger partial charge in [-0.3, -0.25) is 9.59 Å². The molecule has 0 aliphatic carbocycles. The first-order chi connectivity index (χ1) is 13.8. The number of hydrogen-bond acceptors (Lipinski definition) is 5. The summed E-state index contributed by atoms with van der Waals surface area (Å²) < 4.78 is 25.9. The van der Waals surface area contributed by atoms with E-state index in [0.717, 1.165) is 22.6 Å². The molecule has 6 nitrogen and oxygen atoms in total. The molecule has 0 aromatic heterocycles. The van der Waals surface area contributed by atoms with Crippen LogP contribution in [-0.2, 0) is 25.8 Å². The summed E-state index contributed by atoms with van der Waals surface area (Å²) >= 11 is 1.40. The summed E-state index contributed by atoms with van der Waals surface area (Å²) in [5, 5.41) is 2.54. The number of para-hydroxylation sites is 1. The lowest BCUT2D eigenvalue weighted by Gasteiger charge is -2.23. The molecule has 4 rings (SSSR count). The van der Waals surface area contributed by atoms with Crippen molar-refractivity contribution in [1.29, 1.82) is 0 Å². The second-order valence-electron chi connectivity index (χ2n) is 7.46. The molecule has 0 bridgehead atoms. The number of fused-ring (bicyclic) bond motifs is 2. The minimum atomic E-state index is -3.68. The van der Waals surface area contributed by atoms with Crippen molar-refractivity contribution in [2.75, 3.05) is 22.5 Å². The number of rotatable bonds is 4. The van der Waals surface area contributed by atoms with E-state index in [1.807, 2.05) is 24.3 Å². The number of carbonyl (C=O) groups excluding carboxylic acids is 2. The predicted molar refractivity (Wildman–Crippen MR) is 114 cm³/mol. The van der Waals surface area contributed by atoms with Gasteiger partial charge >= 0.3 is 0 Å². The Hall–Kier alpha value is -2.32. The van der Waals surface area contributed by atoms with E-state index in [0.29, 0.717) is 12.2 Å². The molecule has 152 valence electrons. The highest BCUT2D eigenvalue weighted by Gasteiger charge is 2.32. The fourth-order valence-corrected chi connectivity index (χ4v) is 6.21. The van der Waals surface area contributed by atoms with Gasteiger partial charge in [0.1, 0.15) is 0 Å². The van der Waals surface area contributed by atoms with Crippen LogP contribution in [0.15, 0.2) is 52.3 Å². The van der Waals surface area contributed by atoms with Crippen LogP contribution in [0.2, 0.25) is 0 Å². The summed E-state index contributed by atoms with van der Waals surface area (Å²) in [6.07, 6.45) is 0.780. The smallest absolute Gasteiger partial charge is 0.237 e. The van der Waals surface area contributed by atoms with E-state index in [1.54, 1.807) is 30.9 Å². The summed E-state index contributed by atoms with van der Waals surface area (Å²) in [6.45, 7) is 4.03. The van der Waals surface area contributed by atoms with E-state index in [1.165, 1.54) is 17.8 Å². The van der Waals surface area contributed by atoms with Crippen molar-refractivity contribution in [3.05, 3.63) is 48.0 Å². The van der Waals surface area contributed by atoms with Crippen LogP contribution in [0.1, 0.15) is 19.4 Å². The highest BCUT2D eigenvalue weighted by molar-refractivity contribution is 8.01. The molecule has 2 aromatic rings. The molecule has 2 aromatic carbocycles. The number of sulfone groups is 1. The van der Waals surface area contributed by atoms with Crippen LogP contribution >= 0.6 is 11.8 Å². The molecule has 1 N–H and O–H groups in total. The van der Waals surface area contributed by atoms with Crippen molar-refractivity contribution in [2.24, 2.45) is 5.92 Å². The number of thioether (sulfide) groups is 1. The number of anilines is 2. The van der Waals surface area contributed by atoms with Gasteiger partial charge in [-0.25, -0.2) is 8.42 Å². The minimum Gasteiger partial charge on any atom is -0.324 e. The van der Waals surface area contributed by atoms with E-state index in [9.17, 15) is 18.0 Å². The van der Waals surface area contributed by atoms with Crippen molar-refractivity contribution in [1.82, 2.24) is 0 Å². The molecule has 0 saturated carbocycles.